The van der Waals surface area contributed by atoms with Gasteiger partial charge in [0, 0.05) is 0 Å². The monoisotopic (exact) mass is 563 g/mol. The maximum atomic E-state index is 12.0. The summed E-state index contributed by atoms with van der Waals surface area (Å²) in [6.07, 6.45) is 1.87. The van der Waals surface area contributed by atoms with Gasteiger partial charge >= 0.3 is 0 Å². The van der Waals surface area contributed by atoms with Crippen molar-refractivity contribution in [2.75, 3.05) is 33.2 Å². The number of benzene rings is 4. The Kier molecular flexibility index (Phi) is 12.5. The number of rotatable bonds is 18. The molecule has 4 aromatic carbocycles. The third kappa shape index (κ3) is 8.98. The molecule has 4 unspecified atom stereocenters. The third-order valence-electron chi connectivity index (χ3n) is 7.62. The lowest BCUT2D eigenvalue weighted by Gasteiger charge is -2.25. The van der Waals surface area contributed by atoms with Crippen molar-refractivity contribution in [2.24, 2.45) is 10.4 Å². The van der Waals surface area contributed by atoms with E-state index >= 15 is 0 Å². The Bertz CT molecular complexity index is 1210. The number of nitroso groups, excluding NO2 is 2. The number of nitrogens with zero attached hydrogens (tertiary/aromatic N) is 3. The predicted octanol–water partition coefficient (Wildman–Crippen LogP) is 7.38. The predicted molar refractivity (Wildman–Crippen MR) is 171 cm³/mol. The average molecular weight is 564 g/mol. The van der Waals surface area contributed by atoms with Gasteiger partial charge in [0.1, 0.15) is 12.1 Å². The summed E-state index contributed by atoms with van der Waals surface area (Å²) >= 11 is 0. The standard InChI is InChI=1S/C35H41N5O2/c1-40(26-14-24-36-32(28-16-6-2-7-17-28)34(38-41)30-20-10-4-11-21-30)27-15-25-37-33(29-18-8-3-9-19-29)35(39-42)31-22-12-5-13-23-31/h2-13,16-23,32-37H,14-15,24-27H2,1H3. The topological polar surface area (TPSA) is 86.2 Å². The van der Waals surface area contributed by atoms with Gasteiger partial charge in [-0.3, -0.25) is 0 Å². The van der Waals surface area contributed by atoms with Crippen LogP contribution in [0.15, 0.2) is 132 Å². The van der Waals surface area contributed by atoms with Gasteiger partial charge in [0.05, 0.1) is 12.1 Å². The molecule has 0 spiro atoms. The molecule has 7 heteroatoms. The summed E-state index contributed by atoms with van der Waals surface area (Å²) in [7, 11) is 2.13. The fraction of sp³-hybridized carbons (Fsp3) is 0.314. The molecule has 0 aliphatic rings. The second-order valence-corrected chi connectivity index (χ2v) is 10.6. The first-order valence-electron chi connectivity index (χ1n) is 14.7. The zero-order chi connectivity index (χ0) is 29.4. The Balaban J connectivity index is 1.26. The summed E-state index contributed by atoms with van der Waals surface area (Å²) in [4.78, 5) is 26.2. The van der Waals surface area contributed by atoms with Gasteiger partial charge in [0.25, 0.3) is 0 Å². The summed E-state index contributed by atoms with van der Waals surface area (Å²) in [5.41, 5.74) is 3.92. The van der Waals surface area contributed by atoms with Gasteiger partial charge in [0.2, 0.25) is 0 Å². The van der Waals surface area contributed by atoms with E-state index in [4.69, 9.17) is 0 Å². The van der Waals surface area contributed by atoms with Crippen molar-refractivity contribution < 1.29 is 0 Å². The van der Waals surface area contributed by atoms with E-state index in [2.05, 4.69) is 32.9 Å². The van der Waals surface area contributed by atoms with Crippen molar-refractivity contribution in [1.82, 2.24) is 15.5 Å². The molecule has 7 nitrogen and oxygen atoms in total. The van der Waals surface area contributed by atoms with E-state index in [1.165, 1.54) is 0 Å². The normalized spacial score (nSPS) is 14.1. The van der Waals surface area contributed by atoms with Gasteiger partial charge in [0.15, 0.2) is 0 Å². The van der Waals surface area contributed by atoms with Gasteiger partial charge in [-0.2, -0.15) is 9.81 Å². The maximum Gasteiger partial charge on any atom is 0.136 e. The van der Waals surface area contributed by atoms with Crippen LogP contribution >= 0.6 is 0 Å². The number of hydrogen-bond acceptors (Lipinski definition) is 7. The van der Waals surface area contributed by atoms with E-state index in [-0.39, 0.29) is 12.1 Å². The minimum Gasteiger partial charge on any atom is -0.308 e. The third-order valence-corrected chi connectivity index (χ3v) is 7.62. The molecule has 0 radical (unpaired) electrons. The fourth-order valence-electron chi connectivity index (χ4n) is 5.40. The van der Waals surface area contributed by atoms with Crippen LogP contribution in [-0.4, -0.2) is 38.1 Å². The molecule has 0 amide bonds. The molecule has 0 aliphatic heterocycles. The van der Waals surface area contributed by atoms with Crippen molar-refractivity contribution >= 4 is 0 Å². The lowest BCUT2D eigenvalue weighted by molar-refractivity contribution is 0.310. The van der Waals surface area contributed by atoms with E-state index < -0.39 is 12.1 Å². The lowest BCUT2D eigenvalue weighted by Crippen LogP contribution is -2.32. The zero-order valence-corrected chi connectivity index (χ0v) is 24.3. The van der Waals surface area contributed by atoms with E-state index in [0.717, 1.165) is 61.3 Å². The van der Waals surface area contributed by atoms with Crippen molar-refractivity contribution in [2.45, 2.75) is 37.0 Å². The first-order valence-corrected chi connectivity index (χ1v) is 14.7. The first-order chi connectivity index (χ1) is 20.7. The van der Waals surface area contributed by atoms with Crippen LogP contribution in [0.2, 0.25) is 0 Å². The van der Waals surface area contributed by atoms with Gasteiger partial charge < -0.3 is 15.5 Å². The quantitative estimate of drug-likeness (QED) is 0.0975. The molecule has 4 rings (SSSR count). The molecule has 0 saturated carbocycles. The summed E-state index contributed by atoms with van der Waals surface area (Å²) in [6.45, 7) is 3.37. The largest absolute Gasteiger partial charge is 0.308 e. The molecule has 0 bridgehead atoms. The molecular formula is C35H41N5O2. The average Bonchev–Trinajstić information content (AvgIpc) is 3.05. The Morgan fingerprint density at radius 2 is 0.833 bits per heavy atom. The summed E-state index contributed by atoms with van der Waals surface area (Å²) in [6, 6.07) is 38.2. The van der Waals surface area contributed by atoms with Crippen LogP contribution in [0.3, 0.4) is 0 Å². The second kappa shape index (κ2) is 17.0. The van der Waals surface area contributed by atoms with Gasteiger partial charge in [-0.1, -0.05) is 132 Å². The highest BCUT2D eigenvalue weighted by molar-refractivity contribution is 5.29. The van der Waals surface area contributed by atoms with Crippen LogP contribution < -0.4 is 10.6 Å². The molecule has 0 heterocycles. The SMILES string of the molecule is CN(CCCNC(c1ccccc1)C(N=O)c1ccccc1)CCCNC(c1ccccc1)C(N=O)c1ccccc1. The molecule has 0 aliphatic carbocycles. The zero-order valence-electron chi connectivity index (χ0n) is 24.3. The van der Waals surface area contributed by atoms with Crippen LogP contribution in [-0.2, 0) is 0 Å². The van der Waals surface area contributed by atoms with Gasteiger partial charge in [-0.05, 0) is 68.3 Å². The Morgan fingerprint density at radius 1 is 0.524 bits per heavy atom. The lowest BCUT2D eigenvalue weighted by atomic mass is 9.94. The highest BCUT2D eigenvalue weighted by Gasteiger charge is 2.26. The molecule has 218 valence electrons. The Morgan fingerprint density at radius 3 is 1.14 bits per heavy atom. The molecule has 4 atom stereocenters. The van der Waals surface area contributed by atoms with Gasteiger partial charge in [-0.15, -0.1) is 0 Å². The second-order valence-electron chi connectivity index (χ2n) is 10.6. The minimum atomic E-state index is -0.504. The molecular weight excluding hydrogens is 522 g/mol. The van der Waals surface area contributed by atoms with Gasteiger partial charge in [-0.25, -0.2) is 0 Å². The van der Waals surface area contributed by atoms with Crippen LogP contribution in [0.5, 0.6) is 0 Å². The Labute approximate surface area is 249 Å². The highest BCUT2D eigenvalue weighted by atomic mass is 16.3. The van der Waals surface area contributed by atoms with Crippen molar-refractivity contribution in [3.05, 3.63) is 153 Å². The van der Waals surface area contributed by atoms with E-state index in [1.54, 1.807) is 0 Å². The molecule has 2 N–H and O–H groups in total. The van der Waals surface area contributed by atoms with E-state index in [1.807, 2.05) is 121 Å². The highest BCUT2D eigenvalue weighted by Crippen LogP contribution is 2.33. The first kappa shape index (κ1) is 30.9. The van der Waals surface area contributed by atoms with E-state index in [0.29, 0.717) is 0 Å². The number of hydrogen-bond donors (Lipinski definition) is 2. The van der Waals surface area contributed by atoms with Crippen LogP contribution in [0.25, 0.3) is 0 Å². The maximum absolute atomic E-state index is 12.0. The molecule has 0 saturated heterocycles. The Hall–Kier alpha value is -4.04. The van der Waals surface area contributed by atoms with Crippen LogP contribution in [0.1, 0.15) is 59.3 Å². The van der Waals surface area contributed by atoms with Crippen LogP contribution in [0.4, 0.5) is 0 Å². The molecule has 4 aromatic rings. The summed E-state index contributed by atoms with van der Waals surface area (Å²) in [5, 5.41) is 14.2. The number of nitrogens with one attached hydrogen (secondary N) is 2. The smallest absolute Gasteiger partial charge is 0.136 e. The van der Waals surface area contributed by atoms with Crippen molar-refractivity contribution in [1.29, 1.82) is 0 Å². The molecule has 42 heavy (non-hydrogen) atoms. The van der Waals surface area contributed by atoms with Crippen LogP contribution in [0, 0.1) is 9.81 Å². The summed E-state index contributed by atoms with van der Waals surface area (Å²) < 4.78 is 0. The molecule has 0 fully saturated rings. The fourth-order valence-corrected chi connectivity index (χ4v) is 5.40. The summed E-state index contributed by atoms with van der Waals surface area (Å²) in [5.74, 6) is 0. The van der Waals surface area contributed by atoms with Crippen molar-refractivity contribution in [3.63, 3.8) is 0 Å². The minimum absolute atomic E-state index is 0.195. The molecule has 0 aromatic heterocycles. The van der Waals surface area contributed by atoms with Crippen molar-refractivity contribution in [3.8, 4) is 0 Å². The van der Waals surface area contributed by atoms with E-state index in [9.17, 15) is 9.81 Å².